The number of methoxy groups -OCH3 is 1. The van der Waals surface area contributed by atoms with Crippen molar-refractivity contribution in [1.29, 1.82) is 0 Å². The lowest BCUT2D eigenvalue weighted by molar-refractivity contribution is 0.0595. The summed E-state index contributed by atoms with van der Waals surface area (Å²) in [5, 5.41) is 0. The zero-order valence-electron chi connectivity index (χ0n) is 16.2. The predicted molar refractivity (Wildman–Crippen MR) is 115 cm³/mol. The Hall–Kier alpha value is -1.62. The lowest BCUT2D eigenvalue weighted by atomic mass is 10.0. The van der Waals surface area contributed by atoms with Crippen LogP contribution in [0.5, 0.6) is 0 Å². The molecule has 1 aliphatic heterocycles. The average molecular weight is 459 g/mol. The number of fused-ring (bicyclic) bond motifs is 1. The van der Waals surface area contributed by atoms with E-state index in [1.54, 1.807) is 11.8 Å². The summed E-state index contributed by atoms with van der Waals surface area (Å²) in [6.45, 7) is 2.32. The van der Waals surface area contributed by atoms with E-state index in [0.29, 0.717) is 13.0 Å². The van der Waals surface area contributed by atoms with Crippen LogP contribution in [0.4, 0.5) is 10.1 Å². The van der Waals surface area contributed by atoms with Crippen molar-refractivity contribution in [3.05, 3.63) is 46.1 Å². The summed E-state index contributed by atoms with van der Waals surface area (Å²) >= 11 is 2.90. The molecule has 1 aromatic heterocycles. The number of halogens is 1. The van der Waals surface area contributed by atoms with Gasteiger partial charge in [-0.2, -0.15) is 11.8 Å². The highest BCUT2D eigenvalue weighted by molar-refractivity contribution is 7.98. The molecule has 29 heavy (non-hydrogen) atoms. The second-order valence-corrected chi connectivity index (χ2v) is 10.6. The van der Waals surface area contributed by atoms with Crippen LogP contribution in [0.2, 0.25) is 0 Å². The molecule has 0 saturated heterocycles. The molecule has 158 valence electrons. The van der Waals surface area contributed by atoms with Gasteiger partial charge in [0.1, 0.15) is 5.82 Å². The number of benzene rings is 1. The Morgan fingerprint density at radius 1 is 1.34 bits per heavy atom. The van der Waals surface area contributed by atoms with Crippen molar-refractivity contribution in [2.24, 2.45) is 0 Å². The smallest absolute Gasteiger partial charge is 0.340 e. The number of ether oxygens (including phenoxy) is 1. The second kappa shape index (κ2) is 9.46. The molecule has 2 heterocycles. The summed E-state index contributed by atoms with van der Waals surface area (Å²) in [7, 11) is -2.78. The zero-order valence-corrected chi connectivity index (χ0v) is 18.7. The van der Waals surface area contributed by atoms with E-state index in [2.05, 4.69) is 15.9 Å². The summed E-state index contributed by atoms with van der Waals surface area (Å²) in [5.41, 5.74) is 1.10. The monoisotopic (exact) mass is 458 g/mol. The Morgan fingerprint density at radius 3 is 2.72 bits per heavy atom. The molecule has 1 aliphatic rings. The molecular weight excluding hydrogens is 435 g/mol. The van der Waals surface area contributed by atoms with Gasteiger partial charge in [0.15, 0.2) is 4.21 Å². The van der Waals surface area contributed by atoms with Crippen LogP contribution in [0.1, 0.15) is 27.2 Å². The van der Waals surface area contributed by atoms with Crippen LogP contribution in [0, 0.1) is 5.82 Å². The molecular formula is C19H23FN2O4S3. The van der Waals surface area contributed by atoms with Crippen LogP contribution in [-0.4, -0.2) is 51.5 Å². The van der Waals surface area contributed by atoms with Gasteiger partial charge in [-0.05, 0) is 61.2 Å². The first-order chi connectivity index (χ1) is 13.9. The maximum atomic E-state index is 13.1. The third kappa shape index (κ3) is 5.11. The Morgan fingerprint density at radius 2 is 2.07 bits per heavy atom. The first-order valence-corrected chi connectivity index (χ1v) is 12.8. The molecule has 1 aromatic carbocycles. The molecule has 3 rings (SSSR count). The average Bonchev–Trinajstić information content (AvgIpc) is 3.09. The second-order valence-electron chi connectivity index (χ2n) is 6.64. The fourth-order valence-electron chi connectivity index (χ4n) is 3.27. The highest BCUT2D eigenvalue weighted by atomic mass is 32.2. The number of nitrogens with zero attached hydrogens (tertiary/aromatic N) is 1. The predicted octanol–water partition coefficient (Wildman–Crippen LogP) is 3.59. The Labute approximate surface area is 178 Å². The van der Waals surface area contributed by atoms with Crippen LogP contribution in [0.3, 0.4) is 0 Å². The van der Waals surface area contributed by atoms with E-state index in [4.69, 9.17) is 4.74 Å². The number of anilines is 1. The van der Waals surface area contributed by atoms with Crippen LogP contribution in [0.15, 0.2) is 28.5 Å². The van der Waals surface area contributed by atoms with E-state index in [0.717, 1.165) is 47.0 Å². The number of sulfonamides is 1. The van der Waals surface area contributed by atoms with Crippen molar-refractivity contribution in [3.8, 4) is 0 Å². The van der Waals surface area contributed by atoms with E-state index >= 15 is 0 Å². The lowest BCUT2D eigenvalue weighted by Crippen LogP contribution is -2.31. The Balaban J connectivity index is 1.92. The fourth-order valence-corrected chi connectivity index (χ4v) is 6.68. The fraction of sp³-hybridized carbons (Fsp3) is 0.421. The number of thiophene rings is 1. The van der Waals surface area contributed by atoms with Gasteiger partial charge >= 0.3 is 5.97 Å². The van der Waals surface area contributed by atoms with Gasteiger partial charge in [-0.15, -0.1) is 11.3 Å². The molecule has 0 bridgehead atoms. The number of nitrogens with one attached hydrogen (secondary N) is 1. The summed E-state index contributed by atoms with van der Waals surface area (Å²) < 4.78 is 46.4. The molecule has 0 radical (unpaired) electrons. The largest absolute Gasteiger partial charge is 0.465 e. The van der Waals surface area contributed by atoms with Crippen LogP contribution < -0.4 is 4.72 Å². The Bertz CT molecular complexity index is 974. The van der Waals surface area contributed by atoms with Gasteiger partial charge < -0.3 is 4.74 Å². The molecule has 0 spiro atoms. The minimum absolute atomic E-state index is 0.0513. The summed E-state index contributed by atoms with van der Waals surface area (Å²) in [6.07, 6.45) is 3.73. The van der Waals surface area contributed by atoms with Crippen molar-refractivity contribution in [2.45, 2.75) is 23.6 Å². The van der Waals surface area contributed by atoms with Crippen LogP contribution >= 0.6 is 23.1 Å². The standard InChI is InChI=1S/C19H23FN2O4S3/c1-26-18(23)17-15-8-10-22(9-3-11-27-2)12-16(15)28-19(17)29(24,25)21-14-6-4-13(20)5-7-14/h4-7,21H,3,8-12H2,1-2H3. The van der Waals surface area contributed by atoms with Crippen molar-refractivity contribution >= 4 is 44.8 Å². The molecule has 2 aromatic rings. The summed E-state index contributed by atoms with van der Waals surface area (Å²) in [4.78, 5) is 15.6. The first kappa shape index (κ1) is 22.1. The number of thioether (sulfide) groups is 1. The number of carbonyl (C=O) groups excluding carboxylic acids is 1. The lowest BCUT2D eigenvalue weighted by Gasteiger charge is -2.26. The molecule has 1 N–H and O–H groups in total. The van der Waals surface area contributed by atoms with E-state index in [9.17, 15) is 17.6 Å². The third-order valence-electron chi connectivity index (χ3n) is 4.66. The molecule has 0 unspecified atom stereocenters. The zero-order chi connectivity index (χ0) is 21.0. The van der Waals surface area contributed by atoms with Crippen molar-refractivity contribution in [2.75, 3.05) is 36.9 Å². The maximum Gasteiger partial charge on any atom is 0.340 e. The highest BCUT2D eigenvalue weighted by Crippen LogP contribution is 2.37. The van der Waals surface area contributed by atoms with Gasteiger partial charge in [0.2, 0.25) is 0 Å². The van der Waals surface area contributed by atoms with E-state index < -0.39 is 21.8 Å². The van der Waals surface area contributed by atoms with Crippen LogP contribution in [0.25, 0.3) is 0 Å². The molecule has 0 aliphatic carbocycles. The molecule has 10 heteroatoms. The third-order valence-corrected chi connectivity index (χ3v) is 8.47. The quantitative estimate of drug-likeness (QED) is 0.481. The number of rotatable bonds is 8. The number of esters is 1. The van der Waals surface area contributed by atoms with E-state index in [-0.39, 0.29) is 15.5 Å². The first-order valence-electron chi connectivity index (χ1n) is 9.08. The van der Waals surface area contributed by atoms with E-state index in [1.807, 2.05) is 0 Å². The molecule has 6 nitrogen and oxygen atoms in total. The summed E-state index contributed by atoms with van der Waals surface area (Å²) in [5.74, 6) is -0.0447. The van der Waals surface area contributed by atoms with Crippen LogP contribution in [-0.2, 0) is 27.7 Å². The topological polar surface area (TPSA) is 75.7 Å². The van der Waals surface area contributed by atoms with Crippen molar-refractivity contribution in [3.63, 3.8) is 0 Å². The van der Waals surface area contributed by atoms with E-state index in [1.165, 1.54) is 31.4 Å². The Kier molecular flexibility index (Phi) is 7.20. The molecule has 0 saturated carbocycles. The molecule has 0 amide bonds. The maximum absolute atomic E-state index is 13.1. The molecule has 0 fully saturated rings. The molecule has 0 atom stereocenters. The van der Waals surface area contributed by atoms with Gasteiger partial charge in [0.05, 0.1) is 12.7 Å². The normalized spacial score (nSPS) is 14.4. The van der Waals surface area contributed by atoms with Gasteiger partial charge in [0.25, 0.3) is 10.0 Å². The van der Waals surface area contributed by atoms with Gasteiger partial charge in [0, 0.05) is 23.7 Å². The van der Waals surface area contributed by atoms with Gasteiger partial charge in [-0.25, -0.2) is 17.6 Å². The number of hydrogen-bond donors (Lipinski definition) is 1. The van der Waals surface area contributed by atoms with Gasteiger partial charge in [-0.3, -0.25) is 9.62 Å². The van der Waals surface area contributed by atoms with Crippen molar-refractivity contribution < 1.29 is 22.3 Å². The van der Waals surface area contributed by atoms with Crippen molar-refractivity contribution in [1.82, 2.24) is 4.90 Å². The minimum Gasteiger partial charge on any atom is -0.465 e. The van der Waals surface area contributed by atoms with Gasteiger partial charge in [-0.1, -0.05) is 0 Å². The minimum atomic E-state index is -4.02. The SMILES string of the molecule is COC(=O)c1c(S(=O)(=O)Nc2ccc(F)cc2)sc2c1CCN(CCCSC)C2. The highest BCUT2D eigenvalue weighted by Gasteiger charge is 2.34. The summed E-state index contributed by atoms with van der Waals surface area (Å²) in [6, 6.07) is 5.02. The number of carbonyl (C=O) groups is 1. The number of hydrogen-bond acceptors (Lipinski definition) is 7.